The van der Waals surface area contributed by atoms with Crippen LogP contribution < -0.4 is 0 Å². The van der Waals surface area contributed by atoms with Gasteiger partial charge in [-0.3, -0.25) is 4.79 Å². The molecule has 1 amide bonds. The lowest BCUT2D eigenvalue weighted by Crippen LogP contribution is -2.48. The van der Waals surface area contributed by atoms with Crippen molar-refractivity contribution in [1.82, 2.24) is 4.90 Å². The monoisotopic (exact) mass is 261 g/mol. The van der Waals surface area contributed by atoms with Gasteiger partial charge in [0.1, 0.15) is 0 Å². The van der Waals surface area contributed by atoms with Crippen molar-refractivity contribution in [2.75, 3.05) is 13.1 Å². The van der Waals surface area contributed by atoms with Crippen molar-refractivity contribution >= 4 is 5.91 Å². The molecular weight excluding hydrogens is 238 g/mol. The molecule has 1 fully saturated rings. The number of carbonyl (C=O) groups is 1. The third-order valence-corrected chi connectivity index (χ3v) is 3.53. The van der Waals surface area contributed by atoms with Crippen LogP contribution in [-0.2, 0) is 4.74 Å². The Kier molecular flexibility index (Phi) is 4.25. The summed E-state index contributed by atoms with van der Waals surface area (Å²) in [5.41, 5.74) is 2.03. The lowest BCUT2D eigenvalue weighted by atomic mass is 10.0. The molecule has 0 radical (unpaired) electrons. The Bertz CT molecular complexity index is 429. The van der Waals surface area contributed by atoms with E-state index in [2.05, 4.69) is 13.8 Å². The number of rotatable bonds is 2. The van der Waals surface area contributed by atoms with Gasteiger partial charge in [-0.15, -0.1) is 0 Å². The SMILES string of the molecule is CC1CN(C(=O)c2ccc(C(C)C)cc2)CC(C)O1. The summed E-state index contributed by atoms with van der Waals surface area (Å²) >= 11 is 0. The van der Waals surface area contributed by atoms with Gasteiger partial charge in [-0.05, 0) is 37.5 Å². The Morgan fingerprint density at radius 1 is 1.16 bits per heavy atom. The van der Waals surface area contributed by atoms with Crippen LogP contribution in [0.3, 0.4) is 0 Å². The molecule has 0 aromatic heterocycles. The topological polar surface area (TPSA) is 29.5 Å². The summed E-state index contributed by atoms with van der Waals surface area (Å²) in [7, 11) is 0. The smallest absolute Gasteiger partial charge is 0.254 e. The predicted molar refractivity (Wildman–Crippen MR) is 76.4 cm³/mol. The molecule has 0 aliphatic carbocycles. The molecule has 2 rings (SSSR count). The Hall–Kier alpha value is -1.35. The zero-order chi connectivity index (χ0) is 14.0. The highest BCUT2D eigenvalue weighted by Crippen LogP contribution is 2.18. The van der Waals surface area contributed by atoms with E-state index in [-0.39, 0.29) is 18.1 Å². The maximum atomic E-state index is 12.4. The molecule has 3 nitrogen and oxygen atoms in total. The molecule has 0 bridgehead atoms. The summed E-state index contributed by atoms with van der Waals surface area (Å²) < 4.78 is 5.66. The molecule has 19 heavy (non-hydrogen) atoms. The molecule has 1 aromatic carbocycles. The van der Waals surface area contributed by atoms with Crippen molar-refractivity contribution < 1.29 is 9.53 Å². The van der Waals surface area contributed by atoms with Gasteiger partial charge in [-0.1, -0.05) is 26.0 Å². The van der Waals surface area contributed by atoms with Gasteiger partial charge in [0.15, 0.2) is 0 Å². The Morgan fingerprint density at radius 3 is 2.16 bits per heavy atom. The first kappa shape index (κ1) is 14.1. The normalized spacial score (nSPS) is 23.7. The number of nitrogens with zero attached hydrogens (tertiary/aromatic N) is 1. The van der Waals surface area contributed by atoms with Gasteiger partial charge in [0, 0.05) is 18.7 Å². The van der Waals surface area contributed by atoms with Crippen LogP contribution in [0.5, 0.6) is 0 Å². The van der Waals surface area contributed by atoms with Gasteiger partial charge in [0.2, 0.25) is 0 Å². The van der Waals surface area contributed by atoms with Gasteiger partial charge in [0.05, 0.1) is 12.2 Å². The molecule has 2 unspecified atom stereocenters. The predicted octanol–water partition coefficient (Wildman–Crippen LogP) is 3.06. The van der Waals surface area contributed by atoms with E-state index in [9.17, 15) is 4.79 Å². The fraction of sp³-hybridized carbons (Fsp3) is 0.562. The lowest BCUT2D eigenvalue weighted by molar-refractivity contribution is -0.0586. The highest BCUT2D eigenvalue weighted by molar-refractivity contribution is 5.94. The Balaban J connectivity index is 2.10. The van der Waals surface area contributed by atoms with Crippen LogP contribution >= 0.6 is 0 Å². The molecule has 1 aromatic rings. The molecule has 3 heteroatoms. The standard InChI is InChI=1S/C16H23NO2/c1-11(2)14-5-7-15(8-6-14)16(18)17-9-12(3)19-13(4)10-17/h5-8,11-13H,9-10H2,1-4H3. The first-order valence-corrected chi connectivity index (χ1v) is 7.02. The summed E-state index contributed by atoms with van der Waals surface area (Å²) in [6.07, 6.45) is 0.227. The van der Waals surface area contributed by atoms with E-state index in [4.69, 9.17) is 4.74 Å². The Labute approximate surface area is 115 Å². The molecule has 0 N–H and O–H groups in total. The molecule has 104 valence electrons. The van der Waals surface area contributed by atoms with Crippen LogP contribution in [0.1, 0.15) is 49.5 Å². The molecular formula is C16H23NO2. The molecule has 1 saturated heterocycles. The van der Waals surface area contributed by atoms with Gasteiger partial charge in [0.25, 0.3) is 5.91 Å². The van der Waals surface area contributed by atoms with Crippen LogP contribution in [0.4, 0.5) is 0 Å². The van der Waals surface area contributed by atoms with Gasteiger partial charge in [-0.2, -0.15) is 0 Å². The number of hydrogen-bond donors (Lipinski definition) is 0. The van der Waals surface area contributed by atoms with Crippen molar-refractivity contribution in [3.63, 3.8) is 0 Å². The molecule has 1 aliphatic heterocycles. The maximum absolute atomic E-state index is 12.4. The second-order valence-electron chi connectivity index (χ2n) is 5.74. The number of ether oxygens (including phenoxy) is 1. The lowest BCUT2D eigenvalue weighted by Gasteiger charge is -2.35. The summed E-state index contributed by atoms with van der Waals surface area (Å²) in [6.45, 7) is 9.68. The summed E-state index contributed by atoms with van der Waals surface area (Å²) in [6, 6.07) is 7.96. The van der Waals surface area contributed by atoms with E-state index < -0.39 is 0 Å². The number of carbonyl (C=O) groups excluding carboxylic acids is 1. The highest BCUT2D eigenvalue weighted by Gasteiger charge is 2.26. The first-order chi connectivity index (χ1) is 8.97. The van der Waals surface area contributed by atoms with Crippen LogP contribution in [0, 0.1) is 0 Å². The second kappa shape index (κ2) is 5.74. The van der Waals surface area contributed by atoms with Crippen LogP contribution in [0.15, 0.2) is 24.3 Å². The molecule has 2 atom stereocenters. The minimum atomic E-state index is 0.109. The summed E-state index contributed by atoms with van der Waals surface area (Å²) in [5.74, 6) is 0.602. The van der Waals surface area contributed by atoms with E-state index >= 15 is 0 Å². The number of benzene rings is 1. The van der Waals surface area contributed by atoms with E-state index in [1.807, 2.05) is 43.0 Å². The van der Waals surface area contributed by atoms with Crippen LogP contribution in [-0.4, -0.2) is 36.1 Å². The van der Waals surface area contributed by atoms with E-state index in [1.54, 1.807) is 0 Å². The van der Waals surface area contributed by atoms with Crippen molar-refractivity contribution in [2.24, 2.45) is 0 Å². The zero-order valence-electron chi connectivity index (χ0n) is 12.2. The summed E-state index contributed by atoms with van der Waals surface area (Å²) in [4.78, 5) is 14.3. The average Bonchev–Trinajstić information content (AvgIpc) is 2.37. The van der Waals surface area contributed by atoms with Crippen molar-refractivity contribution in [3.05, 3.63) is 35.4 Å². The number of hydrogen-bond acceptors (Lipinski definition) is 2. The van der Waals surface area contributed by atoms with E-state index in [1.165, 1.54) is 5.56 Å². The van der Waals surface area contributed by atoms with E-state index in [0.717, 1.165) is 5.56 Å². The third-order valence-electron chi connectivity index (χ3n) is 3.53. The fourth-order valence-electron chi connectivity index (χ4n) is 2.54. The molecule has 0 saturated carbocycles. The average molecular weight is 261 g/mol. The molecule has 1 heterocycles. The van der Waals surface area contributed by atoms with Gasteiger partial charge >= 0.3 is 0 Å². The zero-order valence-corrected chi connectivity index (χ0v) is 12.2. The number of amides is 1. The second-order valence-corrected chi connectivity index (χ2v) is 5.74. The first-order valence-electron chi connectivity index (χ1n) is 7.02. The fourth-order valence-corrected chi connectivity index (χ4v) is 2.54. The van der Waals surface area contributed by atoms with Crippen molar-refractivity contribution in [3.8, 4) is 0 Å². The van der Waals surface area contributed by atoms with Crippen LogP contribution in [0.25, 0.3) is 0 Å². The quantitative estimate of drug-likeness (QED) is 0.819. The summed E-state index contributed by atoms with van der Waals surface area (Å²) in [5, 5.41) is 0. The minimum Gasteiger partial charge on any atom is -0.372 e. The van der Waals surface area contributed by atoms with Crippen molar-refractivity contribution in [2.45, 2.75) is 45.8 Å². The number of morpholine rings is 1. The maximum Gasteiger partial charge on any atom is 0.254 e. The Morgan fingerprint density at radius 2 is 1.68 bits per heavy atom. The largest absolute Gasteiger partial charge is 0.372 e. The van der Waals surface area contributed by atoms with Crippen LogP contribution in [0.2, 0.25) is 0 Å². The van der Waals surface area contributed by atoms with E-state index in [0.29, 0.717) is 19.0 Å². The molecule has 0 spiro atoms. The third kappa shape index (κ3) is 3.35. The highest BCUT2D eigenvalue weighted by atomic mass is 16.5. The van der Waals surface area contributed by atoms with Crippen molar-refractivity contribution in [1.29, 1.82) is 0 Å². The van der Waals surface area contributed by atoms with Gasteiger partial charge < -0.3 is 9.64 Å². The molecule has 1 aliphatic rings. The van der Waals surface area contributed by atoms with Gasteiger partial charge in [-0.25, -0.2) is 0 Å². The minimum absolute atomic E-state index is 0.109.